The molecule has 4 nitrogen and oxygen atoms in total. The van der Waals surface area contributed by atoms with E-state index in [1.807, 2.05) is 6.92 Å². The number of aliphatic hydroxyl groups is 1. The fraction of sp³-hybridized carbons (Fsp3) is 0.538. The Labute approximate surface area is 111 Å². The van der Waals surface area contributed by atoms with Crippen LogP contribution in [0.4, 0.5) is 0 Å². The van der Waals surface area contributed by atoms with Gasteiger partial charge in [0.25, 0.3) is 5.91 Å². The van der Waals surface area contributed by atoms with Gasteiger partial charge in [0, 0.05) is 18.4 Å². The molecule has 2 N–H and O–H groups in total. The van der Waals surface area contributed by atoms with Crippen molar-refractivity contribution in [3.8, 4) is 0 Å². The Balaban J connectivity index is 2.00. The van der Waals surface area contributed by atoms with Crippen molar-refractivity contribution in [2.24, 2.45) is 5.92 Å². The topological polar surface area (TPSA) is 62.2 Å². The van der Waals surface area contributed by atoms with Gasteiger partial charge < -0.3 is 10.4 Å². The van der Waals surface area contributed by atoms with Crippen LogP contribution in [0.3, 0.4) is 0 Å². The Bertz CT molecular complexity index is 433. The molecule has 0 saturated heterocycles. The van der Waals surface area contributed by atoms with Gasteiger partial charge in [-0.15, -0.1) is 0 Å². The number of carbonyl (C=O) groups is 1. The van der Waals surface area contributed by atoms with Gasteiger partial charge in [0.1, 0.15) is 0 Å². The zero-order valence-electron chi connectivity index (χ0n) is 10.3. The Kier molecular flexibility index (Phi) is 4.19. The van der Waals surface area contributed by atoms with Gasteiger partial charge in [0.05, 0.1) is 16.7 Å². The van der Waals surface area contributed by atoms with Crippen molar-refractivity contribution < 1.29 is 9.90 Å². The normalized spacial score (nSPS) is 24.2. The van der Waals surface area contributed by atoms with E-state index in [1.165, 1.54) is 6.20 Å². The molecule has 0 aromatic carbocycles. The van der Waals surface area contributed by atoms with Crippen molar-refractivity contribution in [1.29, 1.82) is 0 Å². The monoisotopic (exact) mass is 268 g/mol. The fourth-order valence-electron chi connectivity index (χ4n) is 2.32. The summed E-state index contributed by atoms with van der Waals surface area (Å²) in [5.41, 5.74) is 0.449. The molecule has 1 fully saturated rings. The van der Waals surface area contributed by atoms with Gasteiger partial charge in [0.15, 0.2) is 0 Å². The van der Waals surface area contributed by atoms with Crippen molar-refractivity contribution in [2.75, 3.05) is 0 Å². The number of carbonyl (C=O) groups excluding carboxylic acids is 1. The van der Waals surface area contributed by atoms with Crippen LogP contribution >= 0.6 is 11.6 Å². The lowest BCUT2D eigenvalue weighted by molar-refractivity contribution is 0.0232. The maximum Gasteiger partial charge on any atom is 0.253 e. The highest BCUT2D eigenvalue weighted by Crippen LogP contribution is 2.31. The van der Waals surface area contributed by atoms with E-state index in [0.717, 1.165) is 19.3 Å². The molecule has 0 unspecified atom stereocenters. The molecule has 98 valence electrons. The zero-order chi connectivity index (χ0) is 13.1. The Morgan fingerprint density at radius 1 is 1.67 bits per heavy atom. The Hall–Kier alpha value is -1.13. The molecule has 5 heteroatoms. The van der Waals surface area contributed by atoms with E-state index >= 15 is 0 Å². The number of nitrogens with one attached hydrogen (secondary N) is 1. The lowest BCUT2D eigenvalue weighted by atomic mass is 9.76. The molecule has 0 spiro atoms. The van der Waals surface area contributed by atoms with Crippen molar-refractivity contribution in [3.05, 3.63) is 29.0 Å². The molecule has 1 heterocycles. The standard InChI is InChI=1S/C13H17ClN2O2/c1-2-12(8-5-9(17)6-8)16-13(18)10-3-4-15-7-11(10)14/h3-4,7-9,12,17H,2,5-6H2,1H3,(H,16,18)/t8?,9?,12-/m0/s1. The number of pyridine rings is 1. The first-order valence-corrected chi connectivity index (χ1v) is 6.58. The summed E-state index contributed by atoms with van der Waals surface area (Å²) >= 11 is 5.93. The summed E-state index contributed by atoms with van der Waals surface area (Å²) in [6, 6.07) is 1.71. The number of aliphatic hydroxyl groups excluding tert-OH is 1. The van der Waals surface area contributed by atoms with E-state index in [1.54, 1.807) is 12.3 Å². The van der Waals surface area contributed by atoms with Gasteiger partial charge in [-0.1, -0.05) is 18.5 Å². The molecule has 2 rings (SSSR count). The molecule has 0 aliphatic heterocycles. The SMILES string of the molecule is CC[C@H](NC(=O)c1ccncc1Cl)C1CC(O)C1. The van der Waals surface area contributed by atoms with Crippen molar-refractivity contribution in [2.45, 2.75) is 38.3 Å². The summed E-state index contributed by atoms with van der Waals surface area (Å²) in [7, 11) is 0. The second kappa shape index (κ2) is 5.67. The van der Waals surface area contributed by atoms with Crippen molar-refractivity contribution in [3.63, 3.8) is 0 Å². The van der Waals surface area contributed by atoms with Crippen LogP contribution in [0, 0.1) is 5.92 Å². The van der Waals surface area contributed by atoms with E-state index in [-0.39, 0.29) is 18.1 Å². The molecule has 0 radical (unpaired) electrons. The smallest absolute Gasteiger partial charge is 0.253 e. The van der Waals surface area contributed by atoms with Gasteiger partial charge >= 0.3 is 0 Å². The Morgan fingerprint density at radius 2 is 2.39 bits per heavy atom. The predicted octanol–water partition coefficient (Wildman–Crippen LogP) is 2.01. The second-order valence-corrected chi connectivity index (χ2v) is 5.14. The van der Waals surface area contributed by atoms with E-state index < -0.39 is 0 Å². The number of nitrogens with zero attached hydrogens (tertiary/aromatic N) is 1. The highest BCUT2D eigenvalue weighted by atomic mass is 35.5. The first-order chi connectivity index (χ1) is 8.61. The lowest BCUT2D eigenvalue weighted by Crippen LogP contribution is -2.46. The van der Waals surface area contributed by atoms with Crippen LogP contribution in [0.2, 0.25) is 5.02 Å². The highest BCUT2D eigenvalue weighted by Gasteiger charge is 2.34. The molecule has 1 atom stereocenters. The van der Waals surface area contributed by atoms with Crippen LogP contribution < -0.4 is 5.32 Å². The molecule has 1 amide bonds. The average Bonchev–Trinajstić information content (AvgIpc) is 2.33. The first-order valence-electron chi connectivity index (χ1n) is 6.20. The van der Waals surface area contributed by atoms with E-state index in [2.05, 4.69) is 10.3 Å². The van der Waals surface area contributed by atoms with Crippen LogP contribution in [0.25, 0.3) is 0 Å². The minimum atomic E-state index is -0.203. The summed E-state index contributed by atoms with van der Waals surface area (Å²) in [5.74, 6) is 0.199. The number of halogens is 1. The summed E-state index contributed by atoms with van der Waals surface area (Å²) in [6.07, 6.45) is 5.20. The Morgan fingerprint density at radius 3 is 2.94 bits per heavy atom. The number of aromatic nitrogens is 1. The highest BCUT2D eigenvalue weighted by molar-refractivity contribution is 6.33. The first kappa shape index (κ1) is 13.3. The van der Waals surface area contributed by atoms with Crippen LogP contribution in [-0.2, 0) is 0 Å². The van der Waals surface area contributed by atoms with Gasteiger partial charge in [-0.3, -0.25) is 9.78 Å². The van der Waals surface area contributed by atoms with E-state index in [9.17, 15) is 9.90 Å². The molecule has 1 aromatic heterocycles. The molecule has 1 aromatic rings. The quantitative estimate of drug-likeness (QED) is 0.878. The molecular formula is C13H17ClN2O2. The van der Waals surface area contributed by atoms with Gasteiger partial charge in [-0.2, -0.15) is 0 Å². The third kappa shape index (κ3) is 2.82. The van der Waals surface area contributed by atoms with E-state index in [4.69, 9.17) is 11.6 Å². The maximum atomic E-state index is 12.1. The van der Waals surface area contributed by atoms with Crippen LogP contribution in [0.1, 0.15) is 36.5 Å². The third-order valence-corrected chi connectivity index (χ3v) is 3.79. The van der Waals surface area contributed by atoms with Crippen molar-refractivity contribution in [1.82, 2.24) is 10.3 Å². The number of rotatable bonds is 4. The minimum Gasteiger partial charge on any atom is -0.393 e. The van der Waals surface area contributed by atoms with Gasteiger partial charge in [-0.05, 0) is 31.2 Å². The maximum absolute atomic E-state index is 12.1. The van der Waals surface area contributed by atoms with Crippen molar-refractivity contribution >= 4 is 17.5 Å². The number of hydrogen-bond donors (Lipinski definition) is 2. The number of amides is 1. The van der Waals surface area contributed by atoms with Gasteiger partial charge in [0.2, 0.25) is 0 Å². The molecule has 1 aliphatic carbocycles. The van der Waals surface area contributed by atoms with Crippen LogP contribution in [-0.4, -0.2) is 28.1 Å². The third-order valence-electron chi connectivity index (χ3n) is 3.49. The second-order valence-electron chi connectivity index (χ2n) is 4.73. The molecular weight excluding hydrogens is 252 g/mol. The summed E-state index contributed by atoms with van der Waals surface area (Å²) in [4.78, 5) is 15.9. The molecule has 18 heavy (non-hydrogen) atoms. The summed E-state index contributed by atoms with van der Waals surface area (Å²) < 4.78 is 0. The zero-order valence-corrected chi connectivity index (χ0v) is 11.0. The molecule has 0 bridgehead atoms. The predicted molar refractivity (Wildman–Crippen MR) is 69.5 cm³/mol. The fourth-order valence-corrected chi connectivity index (χ4v) is 2.52. The summed E-state index contributed by atoms with van der Waals surface area (Å²) in [5, 5.41) is 12.7. The molecule has 1 saturated carbocycles. The average molecular weight is 269 g/mol. The minimum absolute atomic E-state index is 0.102. The summed E-state index contributed by atoms with van der Waals surface area (Å²) in [6.45, 7) is 2.03. The van der Waals surface area contributed by atoms with Gasteiger partial charge in [-0.25, -0.2) is 0 Å². The van der Waals surface area contributed by atoms with E-state index in [0.29, 0.717) is 16.5 Å². The number of hydrogen-bond acceptors (Lipinski definition) is 3. The van der Waals surface area contributed by atoms with Crippen LogP contribution in [0.15, 0.2) is 18.5 Å². The lowest BCUT2D eigenvalue weighted by Gasteiger charge is -2.37. The largest absolute Gasteiger partial charge is 0.393 e. The van der Waals surface area contributed by atoms with Crippen LogP contribution in [0.5, 0.6) is 0 Å². The molecule has 1 aliphatic rings.